The Bertz CT molecular complexity index is 2000. The van der Waals surface area contributed by atoms with Gasteiger partial charge in [-0.2, -0.15) is 0 Å². The summed E-state index contributed by atoms with van der Waals surface area (Å²) in [5, 5.41) is 0. The van der Waals surface area contributed by atoms with E-state index in [4.69, 9.17) is 9.47 Å². The SMILES string of the molecule is O=C(C#Cc1ccccc1)Oc1ccc(/C(=C(\c2ccccc2)c2ccc(OC(=O)C#Cc3ccccc3)cc2)c2ccccc2)cc1. The highest BCUT2D eigenvalue weighted by atomic mass is 16.5. The van der Waals surface area contributed by atoms with Gasteiger partial charge in [0.1, 0.15) is 11.5 Å². The average molecular weight is 621 g/mol. The molecule has 0 unspecified atom stereocenters. The van der Waals surface area contributed by atoms with Gasteiger partial charge in [-0.15, -0.1) is 0 Å². The van der Waals surface area contributed by atoms with Crippen molar-refractivity contribution in [3.05, 3.63) is 203 Å². The van der Waals surface area contributed by atoms with Crippen LogP contribution >= 0.6 is 0 Å². The lowest BCUT2D eigenvalue weighted by Gasteiger charge is -2.18. The molecule has 0 saturated heterocycles. The number of ether oxygens (including phenoxy) is 2. The van der Waals surface area contributed by atoms with E-state index >= 15 is 0 Å². The lowest BCUT2D eigenvalue weighted by atomic mass is 9.86. The number of benzene rings is 6. The standard InChI is InChI=1S/C44H28O4/c45-41(31-21-33-13-5-1-6-14-33)47-39-27-23-37(24-28-39)43(35-17-9-3-10-18-35)44(36-19-11-4-12-20-36)38-25-29-40(30-26-38)48-42(46)32-22-34-15-7-2-8-16-34/h1-20,23-30H/b44-43+. The van der Waals surface area contributed by atoms with Gasteiger partial charge in [0.25, 0.3) is 0 Å². The monoisotopic (exact) mass is 620 g/mol. The quantitative estimate of drug-likeness (QED) is 0.0810. The molecule has 0 amide bonds. The van der Waals surface area contributed by atoms with Crippen LogP contribution in [0.4, 0.5) is 0 Å². The summed E-state index contributed by atoms with van der Waals surface area (Å²) in [5.74, 6) is 10.2. The Hall–Kier alpha value is -6.88. The molecule has 0 saturated carbocycles. The van der Waals surface area contributed by atoms with Crippen LogP contribution < -0.4 is 9.47 Å². The summed E-state index contributed by atoms with van der Waals surface area (Å²) in [5.41, 5.74) is 7.26. The van der Waals surface area contributed by atoms with E-state index in [9.17, 15) is 9.59 Å². The molecule has 6 aromatic carbocycles. The van der Waals surface area contributed by atoms with Gasteiger partial charge in [-0.1, -0.05) is 133 Å². The molecule has 0 bridgehead atoms. The number of hydrogen-bond acceptors (Lipinski definition) is 4. The summed E-state index contributed by atoms with van der Waals surface area (Å²) >= 11 is 0. The van der Waals surface area contributed by atoms with Crippen molar-refractivity contribution in [3.8, 4) is 35.2 Å². The van der Waals surface area contributed by atoms with E-state index in [1.807, 2.05) is 121 Å². The van der Waals surface area contributed by atoms with Gasteiger partial charge >= 0.3 is 11.9 Å². The van der Waals surface area contributed by atoms with E-state index in [0.717, 1.165) is 44.5 Å². The van der Waals surface area contributed by atoms with Crippen molar-refractivity contribution in [2.45, 2.75) is 0 Å². The molecule has 0 aliphatic heterocycles. The van der Waals surface area contributed by atoms with Crippen LogP contribution in [0.2, 0.25) is 0 Å². The molecular weight excluding hydrogens is 592 g/mol. The summed E-state index contributed by atoms with van der Waals surface area (Å²) in [6, 6.07) is 53.6. The highest BCUT2D eigenvalue weighted by Gasteiger charge is 2.17. The van der Waals surface area contributed by atoms with Gasteiger partial charge in [-0.05, 0) is 81.9 Å². The minimum Gasteiger partial charge on any atom is -0.417 e. The van der Waals surface area contributed by atoms with Crippen molar-refractivity contribution >= 4 is 23.1 Å². The first kappa shape index (κ1) is 31.1. The van der Waals surface area contributed by atoms with Crippen molar-refractivity contribution < 1.29 is 19.1 Å². The van der Waals surface area contributed by atoms with Gasteiger partial charge in [0.2, 0.25) is 0 Å². The molecule has 228 valence electrons. The van der Waals surface area contributed by atoms with Crippen LogP contribution in [0.25, 0.3) is 11.1 Å². The van der Waals surface area contributed by atoms with Gasteiger partial charge < -0.3 is 9.47 Å². The van der Waals surface area contributed by atoms with Gasteiger partial charge in [0, 0.05) is 23.0 Å². The minimum atomic E-state index is -0.637. The second-order valence-corrected chi connectivity index (χ2v) is 10.5. The summed E-state index contributed by atoms with van der Waals surface area (Å²) < 4.78 is 11.0. The molecule has 0 N–H and O–H groups in total. The second kappa shape index (κ2) is 15.4. The maximum Gasteiger partial charge on any atom is 0.390 e. The van der Waals surface area contributed by atoms with E-state index in [2.05, 4.69) is 47.9 Å². The molecule has 0 spiro atoms. The van der Waals surface area contributed by atoms with Crippen molar-refractivity contribution in [2.24, 2.45) is 0 Å². The van der Waals surface area contributed by atoms with Crippen LogP contribution in [0.15, 0.2) is 170 Å². The first-order valence-corrected chi connectivity index (χ1v) is 15.3. The second-order valence-electron chi connectivity index (χ2n) is 10.5. The lowest BCUT2D eigenvalue weighted by Crippen LogP contribution is -2.05. The van der Waals surface area contributed by atoms with Crippen LogP contribution in [-0.2, 0) is 9.59 Å². The van der Waals surface area contributed by atoms with Gasteiger partial charge in [-0.3, -0.25) is 0 Å². The zero-order valence-electron chi connectivity index (χ0n) is 25.8. The van der Waals surface area contributed by atoms with Crippen LogP contribution in [-0.4, -0.2) is 11.9 Å². The molecule has 6 aromatic rings. The van der Waals surface area contributed by atoms with Crippen LogP contribution in [0.5, 0.6) is 11.5 Å². The number of carbonyl (C=O) groups excluding carboxylic acids is 2. The fraction of sp³-hybridized carbons (Fsp3) is 0. The van der Waals surface area contributed by atoms with E-state index in [-0.39, 0.29) is 0 Å². The number of rotatable bonds is 6. The third-order valence-corrected chi connectivity index (χ3v) is 7.25. The zero-order chi connectivity index (χ0) is 33.0. The Morgan fingerprint density at radius 1 is 0.354 bits per heavy atom. The Morgan fingerprint density at radius 2 is 0.646 bits per heavy atom. The van der Waals surface area contributed by atoms with Crippen LogP contribution in [0, 0.1) is 23.7 Å². The van der Waals surface area contributed by atoms with E-state index in [0.29, 0.717) is 11.5 Å². The summed E-state index contributed by atoms with van der Waals surface area (Å²) in [7, 11) is 0. The van der Waals surface area contributed by atoms with Crippen molar-refractivity contribution in [1.29, 1.82) is 0 Å². The van der Waals surface area contributed by atoms with Crippen LogP contribution in [0.1, 0.15) is 33.4 Å². The Labute approximate surface area is 279 Å². The minimum absolute atomic E-state index is 0.390. The zero-order valence-corrected chi connectivity index (χ0v) is 25.8. The van der Waals surface area contributed by atoms with E-state index in [1.54, 1.807) is 24.3 Å². The Morgan fingerprint density at radius 3 is 0.979 bits per heavy atom. The van der Waals surface area contributed by atoms with Crippen molar-refractivity contribution in [3.63, 3.8) is 0 Å². The molecule has 0 fully saturated rings. The van der Waals surface area contributed by atoms with Gasteiger partial charge in [-0.25, -0.2) is 9.59 Å². The molecule has 0 radical (unpaired) electrons. The largest absolute Gasteiger partial charge is 0.417 e. The predicted molar refractivity (Wildman–Crippen MR) is 189 cm³/mol. The maximum atomic E-state index is 12.5. The lowest BCUT2D eigenvalue weighted by molar-refractivity contribution is -0.128. The summed E-state index contributed by atoms with van der Waals surface area (Å²) in [6.07, 6.45) is 0. The highest BCUT2D eigenvalue weighted by Crippen LogP contribution is 2.37. The first-order valence-electron chi connectivity index (χ1n) is 15.3. The molecule has 4 heteroatoms. The third-order valence-electron chi connectivity index (χ3n) is 7.25. The molecule has 6 rings (SSSR count). The molecule has 4 nitrogen and oxygen atoms in total. The third kappa shape index (κ3) is 8.23. The van der Waals surface area contributed by atoms with E-state index < -0.39 is 11.9 Å². The maximum absolute atomic E-state index is 12.5. The highest BCUT2D eigenvalue weighted by molar-refractivity contribution is 6.04. The Kier molecular flexibility index (Phi) is 9.99. The fourth-order valence-corrected chi connectivity index (χ4v) is 5.05. The molecule has 0 heterocycles. The smallest absolute Gasteiger partial charge is 0.390 e. The number of carbonyl (C=O) groups is 2. The van der Waals surface area contributed by atoms with Crippen LogP contribution in [0.3, 0.4) is 0 Å². The molecule has 0 atom stereocenters. The van der Waals surface area contributed by atoms with Gasteiger partial charge in [0.05, 0.1) is 0 Å². The fourth-order valence-electron chi connectivity index (χ4n) is 5.05. The van der Waals surface area contributed by atoms with E-state index in [1.165, 1.54) is 0 Å². The number of hydrogen-bond donors (Lipinski definition) is 0. The Balaban J connectivity index is 1.33. The molecule has 48 heavy (non-hydrogen) atoms. The normalized spacial score (nSPS) is 10.7. The number of esters is 2. The molecule has 0 aromatic heterocycles. The molecule has 0 aliphatic rings. The van der Waals surface area contributed by atoms with Crippen molar-refractivity contribution in [1.82, 2.24) is 0 Å². The predicted octanol–water partition coefficient (Wildman–Crippen LogP) is 8.61. The molecule has 0 aliphatic carbocycles. The topological polar surface area (TPSA) is 52.6 Å². The first-order chi connectivity index (χ1) is 23.6. The molecular formula is C44H28O4. The summed E-state index contributed by atoms with van der Waals surface area (Å²) in [4.78, 5) is 24.9. The van der Waals surface area contributed by atoms with Gasteiger partial charge in [0.15, 0.2) is 0 Å². The average Bonchev–Trinajstić information content (AvgIpc) is 3.14. The summed E-state index contributed by atoms with van der Waals surface area (Å²) in [6.45, 7) is 0. The van der Waals surface area contributed by atoms with Crippen molar-refractivity contribution in [2.75, 3.05) is 0 Å².